The standard InChI is InChI=1S/C14H16ClN3S/c1-9-10(2)14(17-16-13(9)15)18(11-5-6-11)8-12-4-3-7-19-12/h3-4,7,11H,5-6,8H2,1-2H3. The van der Waals surface area contributed by atoms with Gasteiger partial charge in [-0.25, -0.2) is 0 Å². The number of thiophene rings is 1. The Morgan fingerprint density at radius 2 is 2.11 bits per heavy atom. The molecule has 0 bridgehead atoms. The van der Waals surface area contributed by atoms with Gasteiger partial charge in [0.25, 0.3) is 0 Å². The molecule has 2 aromatic rings. The molecule has 0 N–H and O–H groups in total. The van der Waals surface area contributed by atoms with Crippen molar-refractivity contribution in [2.75, 3.05) is 4.90 Å². The van der Waals surface area contributed by atoms with Gasteiger partial charge in [0.2, 0.25) is 0 Å². The van der Waals surface area contributed by atoms with Crippen LogP contribution in [0.3, 0.4) is 0 Å². The van der Waals surface area contributed by atoms with Gasteiger partial charge >= 0.3 is 0 Å². The molecule has 1 saturated carbocycles. The summed E-state index contributed by atoms with van der Waals surface area (Å²) in [6, 6.07) is 4.87. The summed E-state index contributed by atoms with van der Waals surface area (Å²) in [7, 11) is 0. The lowest BCUT2D eigenvalue weighted by Gasteiger charge is -2.24. The highest BCUT2D eigenvalue weighted by Gasteiger charge is 2.31. The number of aromatic nitrogens is 2. The van der Waals surface area contributed by atoms with E-state index >= 15 is 0 Å². The zero-order chi connectivity index (χ0) is 13.4. The molecule has 0 radical (unpaired) electrons. The lowest BCUT2D eigenvalue weighted by Crippen LogP contribution is -2.27. The Morgan fingerprint density at radius 1 is 1.32 bits per heavy atom. The molecule has 0 aromatic carbocycles. The second-order valence-electron chi connectivity index (χ2n) is 5.00. The molecule has 0 saturated heterocycles. The second kappa shape index (κ2) is 5.10. The summed E-state index contributed by atoms with van der Waals surface area (Å²) in [5, 5.41) is 11.0. The summed E-state index contributed by atoms with van der Waals surface area (Å²) in [4.78, 5) is 3.73. The van der Waals surface area contributed by atoms with Crippen LogP contribution in [0.5, 0.6) is 0 Å². The molecule has 5 heteroatoms. The van der Waals surface area contributed by atoms with E-state index in [4.69, 9.17) is 11.6 Å². The van der Waals surface area contributed by atoms with Gasteiger partial charge in [0.15, 0.2) is 11.0 Å². The molecule has 0 spiro atoms. The first kappa shape index (κ1) is 12.9. The molecule has 1 aliphatic carbocycles. The SMILES string of the molecule is Cc1c(Cl)nnc(N(Cc2cccs2)C2CC2)c1C. The average Bonchev–Trinajstić information content (AvgIpc) is 3.12. The molecule has 1 aliphatic rings. The van der Waals surface area contributed by atoms with Crippen molar-refractivity contribution in [3.8, 4) is 0 Å². The number of nitrogens with zero attached hydrogens (tertiary/aromatic N) is 3. The van der Waals surface area contributed by atoms with Crippen LogP contribution in [0, 0.1) is 13.8 Å². The molecule has 0 amide bonds. The fourth-order valence-corrected chi connectivity index (χ4v) is 3.05. The fourth-order valence-electron chi connectivity index (χ4n) is 2.17. The molecule has 19 heavy (non-hydrogen) atoms. The van der Waals surface area contributed by atoms with E-state index < -0.39 is 0 Å². The summed E-state index contributed by atoms with van der Waals surface area (Å²) in [5.41, 5.74) is 2.17. The predicted molar refractivity (Wildman–Crippen MR) is 80.0 cm³/mol. The van der Waals surface area contributed by atoms with Crippen LogP contribution in [0.25, 0.3) is 0 Å². The van der Waals surface area contributed by atoms with E-state index in [-0.39, 0.29) is 0 Å². The van der Waals surface area contributed by atoms with E-state index in [1.807, 2.05) is 6.92 Å². The Balaban J connectivity index is 1.94. The van der Waals surface area contributed by atoms with Crippen LogP contribution < -0.4 is 4.90 Å². The van der Waals surface area contributed by atoms with Gasteiger partial charge in [-0.05, 0) is 49.3 Å². The zero-order valence-electron chi connectivity index (χ0n) is 11.1. The minimum Gasteiger partial charge on any atom is -0.347 e. The smallest absolute Gasteiger partial charge is 0.155 e. The minimum absolute atomic E-state index is 0.508. The van der Waals surface area contributed by atoms with Crippen molar-refractivity contribution >= 4 is 28.8 Å². The maximum absolute atomic E-state index is 6.04. The number of anilines is 1. The topological polar surface area (TPSA) is 29.0 Å². The van der Waals surface area contributed by atoms with Crippen LogP contribution in [-0.4, -0.2) is 16.2 Å². The Morgan fingerprint density at radius 3 is 2.74 bits per heavy atom. The van der Waals surface area contributed by atoms with E-state index in [1.54, 1.807) is 11.3 Å². The first-order valence-corrected chi connectivity index (χ1v) is 7.71. The molecule has 2 heterocycles. The Labute approximate surface area is 122 Å². The largest absolute Gasteiger partial charge is 0.347 e. The van der Waals surface area contributed by atoms with E-state index in [1.165, 1.54) is 17.7 Å². The van der Waals surface area contributed by atoms with Gasteiger partial charge in [-0.3, -0.25) is 0 Å². The Kier molecular flexibility index (Phi) is 3.46. The van der Waals surface area contributed by atoms with Gasteiger partial charge in [-0.2, -0.15) is 0 Å². The molecule has 2 aromatic heterocycles. The zero-order valence-corrected chi connectivity index (χ0v) is 12.6. The highest BCUT2D eigenvalue weighted by atomic mass is 35.5. The van der Waals surface area contributed by atoms with Crippen molar-refractivity contribution in [2.45, 2.75) is 39.3 Å². The van der Waals surface area contributed by atoms with Crippen molar-refractivity contribution in [3.05, 3.63) is 38.7 Å². The van der Waals surface area contributed by atoms with Crippen LogP contribution >= 0.6 is 22.9 Å². The first-order chi connectivity index (χ1) is 9.16. The fraction of sp³-hybridized carbons (Fsp3) is 0.429. The monoisotopic (exact) mass is 293 g/mol. The maximum atomic E-state index is 6.04. The molecule has 3 rings (SSSR count). The summed E-state index contributed by atoms with van der Waals surface area (Å²) in [6.45, 7) is 5.00. The van der Waals surface area contributed by atoms with Gasteiger partial charge in [-0.1, -0.05) is 17.7 Å². The summed E-state index contributed by atoms with van der Waals surface area (Å²) >= 11 is 7.83. The van der Waals surface area contributed by atoms with E-state index in [9.17, 15) is 0 Å². The lowest BCUT2D eigenvalue weighted by molar-refractivity contribution is 0.764. The molecule has 100 valence electrons. The number of hydrogen-bond acceptors (Lipinski definition) is 4. The molecule has 3 nitrogen and oxygen atoms in total. The molecular weight excluding hydrogens is 278 g/mol. The maximum Gasteiger partial charge on any atom is 0.155 e. The molecular formula is C14H16ClN3S. The van der Waals surface area contributed by atoms with Crippen molar-refractivity contribution in [2.24, 2.45) is 0 Å². The molecule has 0 unspecified atom stereocenters. The van der Waals surface area contributed by atoms with Gasteiger partial charge in [0.1, 0.15) is 0 Å². The third-order valence-corrected chi connectivity index (χ3v) is 4.83. The van der Waals surface area contributed by atoms with Crippen LogP contribution in [0.15, 0.2) is 17.5 Å². The highest BCUT2D eigenvalue weighted by molar-refractivity contribution is 7.09. The van der Waals surface area contributed by atoms with E-state index in [2.05, 4.69) is 39.5 Å². The van der Waals surface area contributed by atoms with Crippen molar-refractivity contribution in [3.63, 3.8) is 0 Å². The van der Waals surface area contributed by atoms with Crippen LogP contribution in [0.2, 0.25) is 5.15 Å². The number of hydrogen-bond donors (Lipinski definition) is 0. The second-order valence-corrected chi connectivity index (χ2v) is 6.39. The van der Waals surface area contributed by atoms with Gasteiger partial charge < -0.3 is 4.90 Å². The lowest BCUT2D eigenvalue weighted by atomic mass is 10.2. The molecule has 0 aliphatic heterocycles. The molecule has 0 atom stereocenters. The Bertz CT molecular complexity index is 579. The highest BCUT2D eigenvalue weighted by Crippen LogP contribution is 2.35. The van der Waals surface area contributed by atoms with Crippen LogP contribution in [0.1, 0.15) is 28.8 Å². The van der Waals surface area contributed by atoms with Crippen LogP contribution in [-0.2, 0) is 6.54 Å². The summed E-state index contributed by atoms with van der Waals surface area (Å²) in [5.74, 6) is 0.984. The van der Waals surface area contributed by atoms with E-state index in [0.717, 1.165) is 23.5 Å². The summed E-state index contributed by atoms with van der Waals surface area (Å²) in [6.07, 6.45) is 2.49. The first-order valence-electron chi connectivity index (χ1n) is 6.45. The van der Waals surface area contributed by atoms with Crippen molar-refractivity contribution < 1.29 is 0 Å². The third kappa shape index (κ3) is 2.60. The van der Waals surface area contributed by atoms with E-state index in [0.29, 0.717) is 11.2 Å². The Hall–Kier alpha value is -1.13. The van der Waals surface area contributed by atoms with Crippen molar-refractivity contribution in [1.82, 2.24) is 10.2 Å². The normalized spacial score (nSPS) is 14.7. The summed E-state index contributed by atoms with van der Waals surface area (Å²) < 4.78 is 0. The number of rotatable bonds is 4. The van der Waals surface area contributed by atoms with Gasteiger partial charge in [-0.15, -0.1) is 21.5 Å². The average molecular weight is 294 g/mol. The third-order valence-electron chi connectivity index (χ3n) is 3.61. The molecule has 1 fully saturated rings. The quantitative estimate of drug-likeness (QED) is 0.854. The van der Waals surface area contributed by atoms with Crippen molar-refractivity contribution in [1.29, 1.82) is 0 Å². The van der Waals surface area contributed by atoms with Gasteiger partial charge in [0, 0.05) is 10.9 Å². The minimum atomic E-state index is 0.508. The van der Waals surface area contributed by atoms with Crippen LogP contribution in [0.4, 0.5) is 5.82 Å². The predicted octanol–water partition coefficient (Wildman–Crippen LogP) is 3.98. The number of halogens is 1. The van der Waals surface area contributed by atoms with Gasteiger partial charge in [0.05, 0.1) is 6.54 Å².